The number of rotatable bonds is 6. The smallest absolute Gasteiger partial charge is 0.233 e. The molecule has 1 aromatic heterocycles. The van der Waals surface area contributed by atoms with Crippen LogP contribution in [0.1, 0.15) is 30.7 Å². The molecular formula is C18H22N2O4S2. The van der Waals surface area contributed by atoms with Crippen molar-refractivity contribution in [3.8, 4) is 0 Å². The molecule has 0 aliphatic carbocycles. The lowest BCUT2D eigenvalue weighted by atomic mass is 9.84. The molecule has 2 heterocycles. The van der Waals surface area contributed by atoms with Gasteiger partial charge < -0.3 is 10.1 Å². The van der Waals surface area contributed by atoms with Crippen LogP contribution in [-0.4, -0.2) is 38.8 Å². The van der Waals surface area contributed by atoms with E-state index in [1.54, 1.807) is 29.8 Å². The Morgan fingerprint density at radius 2 is 2.15 bits per heavy atom. The number of amides is 1. The van der Waals surface area contributed by atoms with E-state index in [1.807, 2.05) is 6.07 Å². The zero-order valence-corrected chi connectivity index (χ0v) is 16.2. The van der Waals surface area contributed by atoms with Crippen LogP contribution >= 0.6 is 11.3 Å². The van der Waals surface area contributed by atoms with Crippen molar-refractivity contribution < 1.29 is 17.9 Å². The summed E-state index contributed by atoms with van der Waals surface area (Å²) in [5, 5.41) is 5.20. The Morgan fingerprint density at radius 3 is 2.81 bits per heavy atom. The standard InChI is InChI=1S/C18H22N2O4S2/c1-26(22,23)15-4-2-3-14(12-15)16(11-13-5-8-24-9-6-13)17(21)20-18-19-7-10-25-18/h2-4,7,10,12-13,16H,5-6,8-9,11H2,1H3,(H,19,20,21). The maximum atomic E-state index is 12.9. The van der Waals surface area contributed by atoms with E-state index in [0.717, 1.165) is 12.8 Å². The summed E-state index contributed by atoms with van der Waals surface area (Å²) < 4.78 is 29.2. The fourth-order valence-electron chi connectivity index (χ4n) is 3.15. The van der Waals surface area contributed by atoms with Gasteiger partial charge in [0.25, 0.3) is 0 Å². The summed E-state index contributed by atoms with van der Waals surface area (Å²) >= 11 is 1.36. The third kappa shape index (κ3) is 4.90. The molecular weight excluding hydrogens is 372 g/mol. The SMILES string of the molecule is CS(=O)(=O)c1cccc(C(CC2CCOCC2)C(=O)Nc2nccs2)c1. The first-order valence-electron chi connectivity index (χ1n) is 8.51. The van der Waals surface area contributed by atoms with Gasteiger partial charge in [-0.15, -0.1) is 11.3 Å². The van der Waals surface area contributed by atoms with Crippen LogP contribution in [0.25, 0.3) is 0 Å². The molecule has 1 aliphatic heterocycles. The summed E-state index contributed by atoms with van der Waals surface area (Å²) in [5.41, 5.74) is 0.716. The molecule has 1 amide bonds. The number of hydrogen-bond acceptors (Lipinski definition) is 6. The van der Waals surface area contributed by atoms with Crippen LogP contribution < -0.4 is 5.32 Å². The number of sulfone groups is 1. The van der Waals surface area contributed by atoms with Gasteiger partial charge in [-0.25, -0.2) is 13.4 Å². The number of nitrogens with zero attached hydrogens (tertiary/aromatic N) is 1. The molecule has 1 N–H and O–H groups in total. The van der Waals surface area contributed by atoms with Crippen LogP contribution in [0.3, 0.4) is 0 Å². The number of anilines is 1. The summed E-state index contributed by atoms with van der Waals surface area (Å²) in [6.07, 6.45) is 5.29. The van der Waals surface area contributed by atoms with Crippen molar-refractivity contribution in [2.45, 2.75) is 30.1 Å². The molecule has 1 unspecified atom stereocenters. The third-order valence-electron chi connectivity index (χ3n) is 4.58. The van der Waals surface area contributed by atoms with E-state index in [0.29, 0.717) is 36.2 Å². The maximum absolute atomic E-state index is 12.9. The summed E-state index contributed by atoms with van der Waals surface area (Å²) in [5.74, 6) is -0.210. The van der Waals surface area contributed by atoms with Gasteiger partial charge in [0.1, 0.15) is 0 Å². The van der Waals surface area contributed by atoms with Crippen LogP contribution in [0.5, 0.6) is 0 Å². The van der Waals surface area contributed by atoms with Crippen molar-refractivity contribution in [2.75, 3.05) is 24.8 Å². The second kappa shape index (κ2) is 8.28. The first-order chi connectivity index (χ1) is 12.4. The minimum absolute atomic E-state index is 0.155. The lowest BCUT2D eigenvalue weighted by Crippen LogP contribution is -2.26. The van der Waals surface area contributed by atoms with Crippen LogP contribution in [0.15, 0.2) is 40.7 Å². The van der Waals surface area contributed by atoms with Gasteiger partial charge in [-0.1, -0.05) is 12.1 Å². The van der Waals surface area contributed by atoms with Crippen molar-refractivity contribution in [3.63, 3.8) is 0 Å². The van der Waals surface area contributed by atoms with Gasteiger partial charge in [0.05, 0.1) is 10.8 Å². The van der Waals surface area contributed by atoms with Gasteiger partial charge in [-0.05, 0) is 42.9 Å². The average Bonchev–Trinajstić information content (AvgIpc) is 3.13. The van der Waals surface area contributed by atoms with Crippen molar-refractivity contribution in [1.82, 2.24) is 4.98 Å². The highest BCUT2D eigenvalue weighted by molar-refractivity contribution is 7.90. The van der Waals surface area contributed by atoms with Crippen molar-refractivity contribution >= 4 is 32.2 Å². The molecule has 2 aromatic rings. The van der Waals surface area contributed by atoms with Crippen molar-refractivity contribution in [2.24, 2.45) is 5.92 Å². The van der Waals surface area contributed by atoms with Gasteiger partial charge in [0.2, 0.25) is 5.91 Å². The van der Waals surface area contributed by atoms with Crippen LogP contribution in [0, 0.1) is 5.92 Å². The third-order valence-corrected chi connectivity index (χ3v) is 6.38. The Bertz CT molecular complexity index is 844. The van der Waals surface area contributed by atoms with E-state index < -0.39 is 15.8 Å². The Kier molecular flexibility index (Phi) is 6.05. The molecule has 1 aliphatic rings. The summed E-state index contributed by atoms with van der Waals surface area (Å²) in [4.78, 5) is 17.3. The Hall–Kier alpha value is -1.77. The fraction of sp³-hybridized carbons (Fsp3) is 0.444. The highest BCUT2D eigenvalue weighted by Crippen LogP contribution is 2.31. The Labute approximate surface area is 157 Å². The number of thiazole rings is 1. The van der Waals surface area contributed by atoms with Crippen molar-refractivity contribution in [1.29, 1.82) is 0 Å². The van der Waals surface area contributed by atoms with Gasteiger partial charge in [0.15, 0.2) is 15.0 Å². The molecule has 140 valence electrons. The first-order valence-corrected chi connectivity index (χ1v) is 11.3. The molecule has 1 saturated heterocycles. The maximum Gasteiger partial charge on any atom is 0.233 e. The largest absolute Gasteiger partial charge is 0.381 e. The summed E-state index contributed by atoms with van der Waals surface area (Å²) in [6.45, 7) is 1.41. The van der Waals surface area contributed by atoms with E-state index in [9.17, 15) is 13.2 Å². The molecule has 0 bridgehead atoms. The highest BCUT2D eigenvalue weighted by atomic mass is 32.2. The number of carbonyl (C=O) groups excluding carboxylic acids is 1. The molecule has 0 radical (unpaired) electrons. The molecule has 1 fully saturated rings. The number of hydrogen-bond donors (Lipinski definition) is 1. The summed E-state index contributed by atoms with van der Waals surface area (Å²) in [7, 11) is -3.33. The van der Waals surface area contributed by atoms with E-state index in [2.05, 4.69) is 10.3 Å². The monoisotopic (exact) mass is 394 g/mol. The number of aromatic nitrogens is 1. The van der Waals surface area contributed by atoms with Crippen LogP contribution in [-0.2, 0) is 19.4 Å². The average molecular weight is 395 g/mol. The van der Waals surface area contributed by atoms with Gasteiger partial charge in [-0.2, -0.15) is 0 Å². The molecule has 0 saturated carbocycles. The molecule has 1 aromatic carbocycles. The van der Waals surface area contributed by atoms with Gasteiger partial charge in [0, 0.05) is 31.0 Å². The number of nitrogens with one attached hydrogen (secondary N) is 1. The number of ether oxygens (including phenoxy) is 1. The van der Waals surface area contributed by atoms with Crippen molar-refractivity contribution in [3.05, 3.63) is 41.4 Å². The molecule has 8 heteroatoms. The van der Waals surface area contributed by atoms with Gasteiger partial charge in [-0.3, -0.25) is 4.79 Å². The summed E-state index contributed by atoms with van der Waals surface area (Å²) in [6, 6.07) is 6.68. The predicted octanol–water partition coefficient (Wildman–Crippen LogP) is 3.09. The molecule has 26 heavy (non-hydrogen) atoms. The fourth-order valence-corrected chi connectivity index (χ4v) is 4.36. The van der Waals surface area contributed by atoms with E-state index in [-0.39, 0.29) is 10.8 Å². The topological polar surface area (TPSA) is 85.4 Å². The Balaban J connectivity index is 1.87. The lowest BCUT2D eigenvalue weighted by Gasteiger charge is -2.26. The van der Waals surface area contributed by atoms with E-state index >= 15 is 0 Å². The van der Waals surface area contributed by atoms with E-state index in [1.165, 1.54) is 17.6 Å². The first kappa shape index (κ1) is 19.0. The zero-order chi connectivity index (χ0) is 18.6. The second-order valence-corrected chi connectivity index (χ2v) is 9.43. The molecule has 3 rings (SSSR count). The minimum Gasteiger partial charge on any atom is -0.381 e. The second-order valence-electron chi connectivity index (χ2n) is 6.52. The lowest BCUT2D eigenvalue weighted by molar-refractivity contribution is -0.118. The zero-order valence-electron chi connectivity index (χ0n) is 14.6. The number of benzene rings is 1. The normalized spacial score (nSPS) is 17.0. The molecule has 0 spiro atoms. The van der Waals surface area contributed by atoms with Gasteiger partial charge >= 0.3 is 0 Å². The molecule has 6 nitrogen and oxygen atoms in total. The highest BCUT2D eigenvalue weighted by Gasteiger charge is 2.27. The van der Waals surface area contributed by atoms with Crippen LogP contribution in [0.2, 0.25) is 0 Å². The minimum atomic E-state index is -3.33. The molecule has 1 atom stereocenters. The number of carbonyl (C=O) groups is 1. The Morgan fingerprint density at radius 1 is 1.38 bits per heavy atom. The predicted molar refractivity (Wildman–Crippen MR) is 101 cm³/mol. The quantitative estimate of drug-likeness (QED) is 0.814. The van der Waals surface area contributed by atoms with E-state index in [4.69, 9.17) is 4.74 Å². The van der Waals surface area contributed by atoms with Crippen LogP contribution in [0.4, 0.5) is 5.13 Å².